The van der Waals surface area contributed by atoms with E-state index < -0.39 is 60.0 Å². The van der Waals surface area contributed by atoms with Gasteiger partial charge in [0, 0.05) is 23.3 Å². The van der Waals surface area contributed by atoms with Crippen molar-refractivity contribution in [2.24, 2.45) is 0 Å². The van der Waals surface area contributed by atoms with E-state index in [1.165, 1.54) is 30.5 Å². The van der Waals surface area contributed by atoms with Crippen molar-refractivity contribution in [2.75, 3.05) is 5.32 Å². The summed E-state index contributed by atoms with van der Waals surface area (Å²) in [5.41, 5.74) is -2.72. The highest BCUT2D eigenvalue weighted by Crippen LogP contribution is 2.30. The highest BCUT2D eigenvalue weighted by Gasteiger charge is 2.19. The fraction of sp³-hybridized carbons (Fsp3) is 0.125. The number of benzene rings is 2. The predicted molar refractivity (Wildman–Crippen MR) is 134 cm³/mol. The Labute approximate surface area is 223 Å². The SMILES string of the molecule is O=c1[nH]cccc1Cn1c(=O)nc(Nc2cc3cn(C(F)F)nc3cc2Cl)n(Cc2cc(F)c(F)c(F)c2)c1=O. The lowest BCUT2D eigenvalue weighted by Crippen LogP contribution is -2.43. The third kappa shape index (κ3) is 5.10. The van der Waals surface area contributed by atoms with Crippen molar-refractivity contribution >= 4 is 34.1 Å². The number of aromatic amines is 1. The maximum absolute atomic E-state index is 13.9. The van der Waals surface area contributed by atoms with Gasteiger partial charge in [0.15, 0.2) is 17.5 Å². The molecule has 10 nitrogen and oxygen atoms in total. The number of H-pyrrole nitrogens is 1. The van der Waals surface area contributed by atoms with E-state index in [1.54, 1.807) is 0 Å². The van der Waals surface area contributed by atoms with Crippen LogP contribution in [-0.4, -0.2) is 28.9 Å². The summed E-state index contributed by atoms with van der Waals surface area (Å²) >= 11 is 6.27. The van der Waals surface area contributed by atoms with Crippen LogP contribution in [0.4, 0.5) is 33.6 Å². The summed E-state index contributed by atoms with van der Waals surface area (Å²) in [6.07, 6.45) is 2.39. The van der Waals surface area contributed by atoms with Crippen LogP contribution in [0, 0.1) is 17.5 Å². The number of alkyl halides is 2. The maximum Gasteiger partial charge on any atom is 0.355 e. The van der Waals surface area contributed by atoms with Crippen molar-refractivity contribution in [3.8, 4) is 0 Å². The van der Waals surface area contributed by atoms with Gasteiger partial charge in [-0.2, -0.15) is 18.9 Å². The Morgan fingerprint density at radius 3 is 2.40 bits per heavy atom. The Kier molecular flexibility index (Phi) is 6.97. The van der Waals surface area contributed by atoms with Gasteiger partial charge in [0.1, 0.15) is 0 Å². The van der Waals surface area contributed by atoms with Crippen molar-refractivity contribution in [3.63, 3.8) is 0 Å². The van der Waals surface area contributed by atoms with E-state index in [0.29, 0.717) is 21.4 Å². The standard InChI is InChI=1S/C24H15ClF5N7O3/c25-14-7-17-13(10-37(34-17)21(29)30)6-18(14)32-22-33-23(39)36(9-12-2-1-3-31-20(12)38)24(40)35(22)8-11-4-15(26)19(28)16(27)5-11/h1-7,10,21H,8-9H2,(H,31,38)(H,32,33,39). The van der Waals surface area contributed by atoms with Crippen LogP contribution < -0.4 is 22.3 Å². The first kappa shape index (κ1) is 26.8. The van der Waals surface area contributed by atoms with E-state index in [4.69, 9.17) is 11.6 Å². The molecule has 206 valence electrons. The van der Waals surface area contributed by atoms with E-state index in [0.717, 1.165) is 10.8 Å². The second-order valence-corrected chi connectivity index (χ2v) is 8.88. The zero-order chi connectivity index (χ0) is 28.7. The molecule has 2 N–H and O–H groups in total. The molecule has 0 bridgehead atoms. The van der Waals surface area contributed by atoms with Gasteiger partial charge in [-0.05, 0) is 35.9 Å². The number of hydrogen-bond donors (Lipinski definition) is 2. The summed E-state index contributed by atoms with van der Waals surface area (Å²) in [5.74, 6) is -5.19. The predicted octanol–water partition coefficient (Wildman–Crippen LogP) is 3.75. The monoisotopic (exact) mass is 579 g/mol. The largest absolute Gasteiger partial charge is 0.355 e. The molecule has 0 aliphatic rings. The minimum atomic E-state index is -2.92. The van der Waals surface area contributed by atoms with E-state index in [9.17, 15) is 36.3 Å². The first-order valence-electron chi connectivity index (χ1n) is 11.3. The number of hydrogen-bond acceptors (Lipinski definition) is 6. The Morgan fingerprint density at radius 1 is 1.00 bits per heavy atom. The van der Waals surface area contributed by atoms with E-state index >= 15 is 0 Å². The summed E-state index contributed by atoms with van der Waals surface area (Å²) < 4.78 is 69.3. The van der Waals surface area contributed by atoms with E-state index in [1.807, 2.05) is 0 Å². The molecule has 0 fully saturated rings. The molecule has 0 aliphatic heterocycles. The molecule has 0 aliphatic carbocycles. The smallest absolute Gasteiger partial charge is 0.329 e. The number of anilines is 2. The van der Waals surface area contributed by atoms with Crippen molar-refractivity contribution in [2.45, 2.75) is 19.6 Å². The fourth-order valence-corrected chi connectivity index (χ4v) is 4.12. The average Bonchev–Trinajstić information content (AvgIpc) is 3.31. The van der Waals surface area contributed by atoms with Crippen molar-refractivity contribution < 1.29 is 22.0 Å². The van der Waals surface area contributed by atoms with Gasteiger partial charge >= 0.3 is 17.9 Å². The van der Waals surface area contributed by atoms with Crippen LogP contribution in [0.3, 0.4) is 0 Å². The van der Waals surface area contributed by atoms with Gasteiger partial charge in [0.25, 0.3) is 5.56 Å². The van der Waals surface area contributed by atoms with Crippen molar-refractivity contribution in [1.82, 2.24) is 28.9 Å². The third-order valence-corrected chi connectivity index (χ3v) is 6.13. The molecule has 3 heterocycles. The zero-order valence-corrected chi connectivity index (χ0v) is 20.6. The summed E-state index contributed by atoms with van der Waals surface area (Å²) in [4.78, 5) is 44.7. The Balaban J connectivity index is 1.64. The van der Waals surface area contributed by atoms with Crippen LogP contribution in [0.15, 0.2) is 63.2 Å². The highest BCUT2D eigenvalue weighted by atomic mass is 35.5. The minimum Gasteiger partial charge on any atom is -0.329 e. The van der Waals surface area contributed by atoms with E-state index in [2.05, 4.69) is 20.4 Å². The summed E-state index contributed by atoms with van der Waals surface area (Å²) in [6, 6.07) is 6.73. The number of nitrogens with zero attached hydrogens (tertiary/aromatic N) is 5. The highest BCUT2D eigenvalue weighted by molar-refractivity contribution is 6.34. The normalized spacial score (nSPS) is 11.5. The van der Waals surface area contributed by atoms with Crippen LogP contribution in [-0.2, 0) is 13.1 Å². The maximum atomic E-state index is 13.9. The summed E-state index contributed by atoms with van der Waals surface area (Å²) in [5, 5.41) is 6.55. The second kappa shape index (κ2) is 10.4. The average molecular weight is 580 g/mol. The summed E-state index contributed by atoms with van der Waals surface area (Å²) in [7, 11) is 0. The molecule has 0 saturated heterocycles. The lowest BCUT2D eigenvalue weighted by Gasteiger charge is -2.16. The van der Waals surface area contributed by atoms with E-state index in [-0.39, 0.29) is 32.7 Å². The number of fused-ring (bicyclic) bond motifs is 1. The van der Waals surface area contributed by atoms with Crippen LogP contribution >= 0.6 is 11.6 Å². The first-order valence-corrected chi connectivity index (χ1v) is 11.6. The number of halogens is 6. The molecule has 5 aromatic rings. The van der Waals surface area contributed by atoms with Crippen molar-refractivity contribution in [1.29, 1.82) is 0 Å². The van der Waals surface area contributed by atoms with Gasteiger partial charge in [0.05, 0.1) is 29.3 Å². The van der Waals surface area contributed by atoms with Gasteiger partial charge in [0.2, 0.25) is 5.95 Å². The Hall–Kier alpha value is -4.79. The van der Waals surface area contributed by atoms with Gasteiger partial charge < -0.3 is 10.3 Å². The Morgan fingerprint density at radius 2 is 1.73 bits per heavy atom. The number of pyridine rings is 1. The zero-order valence-electron chi connectivity index (χ0n) is 19.8. The number of aromatic nitrogens is 6. The molecular weight excluding hydrogens is 565 g/mol. The molecule has 0 saturated carbocycles. The van der Waals surface area contributed by atoms with Crippen LogP contribution in [0.25, 0.3) is 10.9 Å². The summed E-state index contributed by atoms with van der Waals surface area (Å²) in [6.45, 7) is -4.01. The van der Waals surface area contributed by atoms with Crippen LogP contribution in [0.1, 0.15) is 17.7 Å². The molecule has 16 heteroatoms. The molecule has 5 rings (SSSR count). The lowest BCUT2D eigenvalue weighted by atomic mass is 10.2. The quantitative estimate of drug-likeness (QED) is 0.224. The second-order valence-electron chi connectivity index (χ2n) is 8.47. The number of nitrogens with one attached hydrogen (secondary N) is 2. The Bertz CT molecular complexity index is 1930. The minimum absolute atomic E-state index is 0.0248. The molecule has 0 radical (unpaired) electrons. The molecule has 0 spiro atoms. The van der Waals surface area contributed by atoms with Crippen LogP contribution in [0.5, 0.6) is 0 Å². The van der Waals surface area contributed by atoms with Gasteiger partial charge in [-0.3, -0.25) is 9.36 Å². The van der Waals surface area contributed by atoms with Crippen LogP contribution in [0.2, 0.25) is 5.02 Å². The van der Waals surface area contributed by atoms with Gasteiger partial charge in [-0.1, -0.05) is 17.7 Å². The molecular formula is C24H15ClF5N7O3. The molecule has 0 unspecified atom stereocenters. The molecule has 0 amide bonds. The van der Waals surface area contributed by atoms with Gasteiger partial charge in [-0.25, -0.2) is 32.0 Å². The van der Waals surface area contributed by atoms with Crippen molar-refractivity contribution in [3.05, 3.63) is 114 Å². The topological polar surface area (TPSA) is 120 Å². The third-order valence-electron chi connectivity index (χ3n) is 5.82. The lowest BCUT2D eigenvalue weighted by molar-refractivity contribution is 0.0574. The molecule has 0 atom stereocenters. The number of rotatable bonds is 7. The molecule has 2 aromatic carbocycles. The first-order chi connectivity index (χ1) is 19.0. The van der Waals surface area contributed by atoms with Gasteiger partial charge in [-0.15, -0.1) is 0 Å². The molecule has 3 aromatic heterocycles. The molecule has 40 heavy (non-hydrogen) atoms. The fourth-order valence-electron chi connectivity index (χ4n) is 3.92.